The molecule has 1 saturated heterocycles. The van der Waals surface area contributed by atoms with Crippen molar-refractivity contribution in [3.05, 3.63) is 71.4 Å². The maximum Gasteiger partial charge on any atom is 0.225 e. The van der Waals surface area contributed by atoms with Gasteiger partial charge in [-0.2, -0.15) is 0 Å². The van der Waals surface area contributed by atoms with E-state index in [0.717, 1.165) is 72.2 Å². The fraction of sp³-hybridized carbons (Fsp3) is 0.448. The van der Waals surface area contributed by atoms with E-state index in [1.54, 1.807) is 0 Å². The number of para-hydroxylation sites is 1. The summed E-state index contributed by atoms with van der Waals surface area (Å²) in [7, 11) is 0. The average molecular weight is 459 g/mol. The SMILES string of the molecule is Cc1c(COC2CCN(C(=O)C3CCCC3)CC2)nc2ccccc2c1OCc1ccccc1. The number of amides is 1. The van der Waals surface area contributed by atoms with Gasteiger partial charge in [-0.05, 0) is 50.3 Å². The minimum Gasteiger partial charge on any atom is -0.488 e. The molecule has 178 valence electrons. The molecule has 0 bridgehead atoms. The van der Waals surface area contributed by atoms with Crippen LogP contribution >= 0.6 is 0 Å². The molecule has 34 heavy (non-hydrogen) atoms. The van der Waals surface area contributed by atoms with Crippen molar-refractivity contribution in [2.75, 3.05) is 13.1 Å². The van der Waals surface area contributed by atoms with Gasteiger partial charge in [0.1, 0.15) is 12.4 Å². The van der Waals surface area contributed by atoms with Gasteiger partial charge < -0.3 is 14.4 Å². The smallest absolute Gasteiger partial charge is 0.225 e. The molecule has 2 heterocycles. The first-order chi connectivity index (χ1) is 16.7. The fourth-order valence-corrected chi connectivity index (χ4v) is 5.25. The van der Waals surface area contributed by atoms with Crippen molar-refractivity contribution in [1.29, 1.82) is 0 Å². The molecule has 1 aliphatic heterocycles. The molecule has 0 unspecified atom stereocenters. The van der Waals surface area contributed by atoms with Gasteiger partial charge in [0.05, 0.1) is 23.9 Å². The number of hydrogen-bond acceptors (Lipinski definition) is 4. The summed E-state index contributed by atoms with van der Waals surface area (Å²) in [4.78, 5) is 19.7. The minimum atomic E-state index is 0.161. The van der Waals surface area contributed by atoms with Crippen molar-refractivity contribution in [1.82, 2.24) is 9.88 Å². The van der Waals surface area contributed by atoms with E-state index in [9.17, 15) is 4.79 Å². The molecule has 0 radical (unpaired) electrons. The number of fused-ring (bicyclic) bond motifs is 1. The van der Waals surface area contributed by atoms with Crippen LogP contribution in [0.2, 0.25) is 0 Å². The van der Waals surface area contributed by atoms with Crippen molar-refractivity contribution in [3.63, 3.8) is 0 Å². The first kappa shape index (κ1) is 22.9. The first-order valence-corrected chi connectivity index (χ1v) is 12.6. The number of aromatic nitrogens is 1. The zero-order valence-electron chi connectivity index (χ0n) is 20.0. The third-order valence-electron chi connectivity index (χ3n) is 7.32. The normalized spacial score (nSPS) is 17.4. The van der Waals surface area contributed by atoms with Gasteiger partial charge in [0.25, 0.3) is 0 Å². The van der Waals surface area contributed by atoms with E-state index in [0.29, 0.717) is 19.1 Å². The molecule has 2 fully saturated rings. The predicted molar refractivity (Wildman–Crippen MR) is 134 cm³/mol. The van der Waals surface area contributed by atoms with Crippen molar-refractivity contribution >= 4 is 16.8 Å². The zero-order valence-corrected chi connectivity index (χ0v) is 20.0. The Morgan fingerprint density at radius 1 is 0.941 bits per heavy atom. The Bertz CT molecular complexity index is 1120. The highest BCUT2D eigenvalue weighted by atomic mass is 16.5. The van der Waals surface area contributed by atoms with E-state index in [4.69, 9.17) is 14.5 Å². The summed E-state index contributed by atoms with van der Waals surface area (Å²) in [6, 6.07) is 18.4. The van der Waals surface area contributed by atoms with Gasteiger partial charge >= 0.3 is 0 Å². The van der Waals surface area contributed by atoms with Crippen LogP contribution in [0.15, 0.2) is 54.6 Å². The van der Waals surface area contributed by atoms with Crippen molar-refractivity contribution in [3.8, 4) is 5.75 Å². The van der Waals surface area contributed by atoms with Crippen LogP contribution in [-0.2, 0) is 22.7 Å². The fourth-order valence-electron chi connectivity index (χ4n) is 5.25. The molecule has 0 N–H and O–H groups in total. The summed E-state index contributed by atoms with van der Waals surface area (Å²) in [6.07, 6.45) is 6.48. The van der Waals surface area contributed by atoms with E-state index < -0.39 is 0 Å². The highest BCUT2D eigenvalue weighted by Crippen LogP contribution is 2.32. The van der Waals surface area contributed by atoms with Crippen LogP contribution in [0.25, 0.3) is 10.9 Å². The van der Waals surface area contributed by atoms with E-state index in [2.05, 4.69) is 30.0 Å². The summed E-state index contributed by atoms with van der Waals surface area (Å²) in [6.45, 7) is 4.65. The van der Waals surface area contributed by atoms with Crippen LogP contribution in [0, 0.1) is 12.8 Å². The Hall–Kier alpha value is -2.92. The maximum atomic E-state index is 12.7. The largest absolute Gasteiger partial charge is 0.488 e. The van der Waals surface area contributed by atoms with Crippen LogP contribution in [-0.4, -0.2) is 35.0 Å². The lowest BCUT2D eigenvalue weighted by Crippen LogP contribution is -2.43. The number of nitrogens with zero attached hydrogens (tertiary/aromatic N) is 2. The third-order valence-corrected chi connectivity index (χ3v) is 7.32. The number of pyridine rings is 1. The zero-order chi connectivity index (χ0) is 23.3. The Balaban J connectivity index is 1.24. The first-order valence-electron chi connectivity index (χ1n) is 12.6. The lowest BCUT2D eigenvalue weighted by atomic mass is 10.0. The number of hydrogen-bond donors (Lipinski definition) is 0. The molecule has 0 atom stereocenters. The molecule has 3 aromatic rings. The van der Waals surface area contributed by atoms with Gasteiger partial charge in [0, 0.05) is 30.0 Å². The van der Waals surface area contributed by atoms with E-state index in [1.165, 1.54) is 12.8 Å². The molecule has 5 rings (SSSR count). The molecule has 1 aliphatic carbocycles. The number of carbonyl (C=O) groups is 1. The van der Waals surface area contributed by atoms with Crippen LogP contribution in [0.3, 0.4) is 0 Å². The second kappa shape index (κ2) is 10.6. The summed E-state index contributed by atoms with van der Waals surface area (Å²) < 4.78 is 12.6. The summed E-state index contributed by atoms with van der Waals surface area (Å²) >= 11 is 0. The van der Waals surface area contributed by atoms with E-state index in [1.807, 2.05) is 36.4 Å². The average Bonchev–Trinajstić information content (AvgIpc) is 3.43. The second-order valence-corrected chi connectivity index (χ2v) is 9.62. The lowest BCUT2D eigenvalue weighted by Gasteiger charge is -2.33. The molecule has 5 nitrogen and oxygen atoms in total. The van der Waals surface area contributed by atoms with E-state index in [-0.39, 0.29) is 12.0 Å². The Kier molecular flexibility index (Phi) is 7.10. The molecule has 2 aromatic carbocycles. The monoisotopic (exact) mass is 458 g/mol. The van der Waals surface area contributed by atoms with Gasteiger partial charge in [-0.1, -0.05) is 55.3 Å². The van der Waals surface area contributed by atoms with Gasteiger partial charge in [0.15, 0.2) is 0 Å². The topological polar surface area (TPSA) is 51.7 Å². The van der Waals surface area contributed by atoms with E-state index >= 15 is 0 Å². The number of likely N-dealkylation sites (tertiary alicyclic amines) is 1. The summed E-state index contributed by atoms with van der Waals surface area (Å²) in [5.74, 6) is 1.50. The molecule has 0 spiro atoms. The highest BCUT2D eigenvalue weighted by molar-refractivity contribution is 5.86. The van der Waals surface area contributed by atoms with Crippen LogP contribution in [0.5, 0.6) is 5.75 Å². The van der Waals surface area contributed by atoms with Crippen molar-refractivity contribution < 1.29 is 14.3 Å². The van der Waals surface area contributed by atoms with Gasteiger partial charge in [-0.15, -0.1) is 0 Å². The van der Waals surface area contributed by atoms with Gasteiger partial charge in [-0.3, -0.25) is 4.79 Å². The number of piperidine rings is 1. The van der Waals surface area contributed by atoms with Crippen LogP contribution < -0.4 is 4.74 Å². The summed E-state index contributed by atoms with van der Waals surface area (Å²) in [5, 5.41) is 1.03. The Labute approximate surface area is 202 Å². The molecule has 1 saturated carbocycles. The molecular weight excluding hydrogens is 424 g/mol. The quantitative estimate of drug-likeness (QED) is 0.448. The van der Waals surface area contributed by atoms with Gasteiger partial charge in [-0.25, -0.2) is 4.98 Å². The van der Waals surface area contributed by atoms with Gasteiger partial charge in [0.2, 0.25) is 5.91 Å². The maximum absolute atomic E-state index is 12.7. The standard InChI is InChI=1S/C29H34N2O3/c1-21-27(20-33-24-15-17-31(18-16-24)29(32)23-11-5-6-12-23)30-26-14-8-7-13-25(26)28(21)34-19-22-9-3-2-4-10-22/h2-4,7-10,13-14,23-24H,5-6,11-12,15-20H2,1H3. The van der Waals surface area contributed by atoms with Crippen LogP contribution in [0.4, 0.5) is 0 Å². The Morgan fingerprint density at radius 2 is 1.65 bits per heavy atom. The molecule has 5 heteroatoms. The highest BCUT2D eigenvalue weighted by Gasteiger charge is 2.30. The number of rotatable bonds is 7. The third kappa shape index (κ3) is 5.10. The summed E-state index contributed by atoms with van der Waals surface area (Å²) in [5.41, 5.74) is 4.01. The van der Waals surface area contributed by atoms with Crippen molar-refractivity contribution in [2.24, 2.45) is 5.92 Å². The molecular formula is C29H34N2O3. The molecule has 1 aromatic heterocycles. The second-order valence-electron chi connectivity index (χ2n) is 9.62. The Morgan fingerprint density at radius 3 is 2.41 bits per heavy atom. The van der Waals surface area contributed by atoms with Crippen molar-refractivity contribution in [2.45, 2.75) is 64.8 Å². The number of carbonyl (C=O) groups excluding carboxylic acids is 1. The lowest BCUT2D eigenvalue weighted by molar-refractivity contribution is -0.138. The minimum absolute atomic E-state index is 0.161. The number of ether oxygens (including phenoxy) is 2. The molecule has 1 amide bonds. The van der Waals surface area contributed by atoms with Crippen LogP contribution in [0.1, 0.15) is 55.3 Å². The predicted octanol–water partition coefficient (Wildman–Crippen LogP) is 5.82. The molecule has 2 aliphatic rings. The number of benzene rings is 2.